The van der Waals surface area contributed by atoms with Gasteiger partial charge in [0.05, 0.1) is 29.1 Å². The summed E-state index contributed by atoms with van der Waals surface area (Å²) in [5.41, 5.74) is -0.160. The zero-order valence-corrected chi connectivity index (χ0v) is 17.2. The van der Waals surface area contributed by atoms with Gasteiger partial charge in [0.1, 0.15) is 18.2 Å². The fourth-order valence-electron chi connectivity index (χ4n) is 2.93. The standard InChI is InChI=1S/C20H18F4N2O4S/c1-11(12-4-6-17(16(21)8-12)26-31(2,28)29)25-19(27)14-7-13-3-5-15(20(22,23)24)9-18(13)30-10-14/h3-9,11,26H,10H2,1-2H3,(H,25,27). The van der Waals surface area contributed by atoms with Crippen LogP contribution in [0.25, 0.3) is 6.08 Å². The second-order valence-corrected chi connectivity index (χ2v) is 8.77. The highest BCUT2D eigenvalue weighted by molar-refractivity contribution is 7.92. The summed E-state index contributed by atoms with van der Waals surface area (Å²) in [7, 11) is -3.65. The fourth-order valence-corrected chi connectivity index (χ4v) is 3.49. The lowest BCUT2D eigenvalue weighted by Gasteiger charge is -2.21. The minimum Gasteiger partial charge on any atom is -0.488 e. The van der Waals surface area contributed by atoms with Gasteiger partial charge in [0, 0.05) is 5.56 Å². The van der Waals surface area contributed by atoms with Gasteiger partial charge in [0.15, 0.2) is 0 Å². The van der Waals surface area contributed by atoms with Crippen LogP contribution in [0.1, 0.15) is 29.7 Å². The first-order chi connectivity index (χ1) is 14.3. The smallest absolute Gasteiger partial charge is 0.416 e. The van der Waals surface area contributed by atoms with Crippen LogP contribution in [0.2, 0.25) is 0 Å². The second-order valence-electron chi connectivity index (χ2n) is 7.02. The Bertz CT molecular complexity index is 1160. The zero-order valence-electron chi connectivity index (χ0n) is 16.4. The predicted molar refractivity (Wildman–Crippen MR) is 106 cm³/mol. The number of hydrogen-bond donors (Lipinski definition) is 2. The van der Waals surface area contributed by atoms with E-state index in [2.05, 4.69) is 5.32 Å². The summed E-state index contributed by atoms with van der Waals surface area (Å²) in [6.45, 7) is 1.38. The largest absolute Gasteiger partial charge is 0.488 e. The molecule has 166 valence electrons. The Hall–Kier alpha value is -3.08. The number of amides is 1. The Labute approximate surface area is 176 Å². The van der Waals surface area contributed by atoms with Crippen molar-refractivity contribution in [2.24, 2.45) is 0 Å². The van der Waals surface area contributed by atoms with Crippen molar-refractivity contribution >= 4 is 27.7 Å². The average Bonchev–Trinajstić information content (AvgIpc) is 2.66. The van der Waals surface area contributed by atoms with Crippen LogP contribution in [0.5, 0.6) is 5.75 Å². The number of alkyl halides is 3. The molecular weight excluding hydrogens is 440 g/mol. The molecular formula is C20H18F4N2O4S. The lowest BCUT2D eigenvalue weighted by Crippen LogP contribution is -2.31. The number of benzene rings is 2. The van der Waals surface area contributed by atoms with Crippen molar-refractivity contribution in [2.45, 2.75) is 19.1 Å². The van der Waals surface area contributed by atoms with E-state index < -0.39 is 39.5 Å². The second kappa shape index (κ2) is 8.22. The van der Waals surface area contributed by atoms with Gasteiger partial charge >= 0.3 is 6.18 Å². The average molecular weight is 458 g/mol. The van der Waals surface area contributed by atoms with E-state index in [1.165, 1.54) is 24.3 Å². The van der Waals surface area contributed by atoms with Crippen molar-refractivity contribution in [3.05, 3.63) is 64.5 Å². The van der Waals surface area contributed by atoms with Gasteiger partial charge < -0.3 is 10.1 Å². The molecule has 2 N–H and O–H groups in total. The Morgan fingerprint density at radius 2 is 1.87 bits per heavy atom. The van der Waals surface area contributed by atoms with Crippen molar-refractivity contribution < 1.29 is 35.5 Å². The van der Waals surface area contributed by atoms with Gasteiger partial charge in [0.25, 0.3) is 5.91 Å². The van der Waals surface area contributed by atoms with Gasteiger partial charge in [0.2, 0.25) is 10.0 Å². The molecule has 1 unspecified atom stereocenters. The van der Waals surface area contributed by atoms with Gasteiger partial charge in [-0.2, -0.15) is 13.2 Å². The third-order valence-electron chi connectivity index (χ3n) is 4.48. The molecule has 2 aromatic carbocycles. The van der Waals surface area contributed by atoms with Crippen LogP contribution in [-0.4, -0.2) is 27.2 Å². The third-order valence-corrected chi connectivity index (χ3v) is 5.07. The summed E-state index contributed by atoms with van der Waals surface area (Å²) in [6, 6.07) is 6.15. The highest BCUT2D eigenvalue weighted by Gasteiger charge is 2.32. The molecule has 0 bridgehead atoms. The van der Waals surface area contributed by atoms with E-state index in [0.717, 1.165) is 24.5 Å². The van der Waals surface area contributed by atoms with Crippen molar-refractivity contribution in [2.75, 3.05) is 17.6 Å². The molecule has 0 saturated heterocycles. The van der Waals surface area contributed by atoms with Crippen LogP contribution in [0.3, 0.4) is 0 Å². The first-order valence-corrected chi connectivity index (χ1v) is 10.9. The van der Waals surface area contributed by atoms with E-state index >= 15 is 0 Å². The fraction of sp³-hybridized carbons (Fsp3) is 0.250. The van der Waals surface area contributed by atoms with Crippen LogP contribution < -0.4 is 14.8 Å². The van der Waals surface area contributed by atoms with E-state index in [1.807, 2.05) is 4.72 Å². The van der Waals surface area contributed by atoms with Gasteiger partial charge in [-0.15, -0.1) is 0 Å². The van der Waals surface area contributed by atoms with Crippen LogP contribution in [0.15, 0.2) is 42.0 Å². The molecule has 1 aliphatic rings. The number of ether oxygens (including phenoxy) is 1. The third kappa shape index (κ3) is 5.54. The molecule has 6 nitrogen and oxygen atoms in total. The van der Waals surface area contributed by atoms with Crippen LogP contribution >= 0.6 is 0 Å². The lowest BCUT2D eigenvalue weighted by molar-refractivity contribution is -0.137. The first kappa shape index (κ1) is 22.6. The summed E-state index contributed by atoms with van der Waals surface area (Å²) in [5.74, 6) is -1.31. The van der Waals surface area contributed by atoms with Crippen molar-refractivity contribution in [3.8, 4) is 5.75 Å². The predicted octanol–water partition coefficient (Wildman–Crippen LogP) is 3.87. The number of anilines is 1. The molecule has 0 fully saturated rings. The summed E-state index contributed by atoms with van der Waals surface area (Å²) in [6.07, 6.45) is -2.18. The number of nitrogens with one attached hydrogen (secondary N) is 2. The molecule has 1 heterocycles. The van der Waals surface area contributed by atoms with E-state index in [0.29, 0.717) is 11.1 Å². The van der Waals surface area contributed by atoms with Gasteiger partial charge in [-0.25, -0.2) is 12.8 Å². The molecule has 3 rings (SSSR count). The molecule has 1 amide bonds. The topological polar surface area (TPSA) is 84.5 Å². The zero-order chi connectivity index (χ0) is 23.0. The summed E-state index contributed by atoms with van der Waals surface area (Å²) in [5, 5.41) is 2.65. The molecule has 0 aromatic heterocycles. The normalized spacial score (nSPS) is 14.7. The molecule has 11 heteroatoms. The number of fused-ring (bicyclic) bond motifs is 1. The maximum atomic E-state index is 14.2. The van der Waals surface area contributed by atoms with E-state index in [-0.39, 0.29) is 23.6 Å². The van der Waals surface area contributed by atoms with Crippen LogP contribution in [0, 0.1) is 5.82 Å². The van der Waals surface area contributed by atoms with Crippen molar-refractivity contribution in [3.63, 3.8) is 0 Å². The highest BCUT2D eigenvalue weighted by atomic mass is 32.2. The molecule has 0 spiro atoms. The maximum Gasteiger partial charge on any atom is 0.416 e. The first-order valence-electron chi connectivity index (χ1n) is 8.96. The summed E-state index contributed by atoms with van der Waals surface area (Å²) < 4.78 is 82.4. The molecule has 2 aromatic rings. The number of carbonyl (C=O) groups excluding carboxylic acids is 1. The molecule has 0 aliphatic carbocycles. The number of rotatable bonds is 5. The number of sulfonamides is 1. The van der Waals surface area contributed by atoms with Gasteiger partial charge in [-0.3, -0.25) is 9.52 Å². The Balaban J connectivity index is 1.73. The summed E-state index contributed by atoms with van der Waals surface area (Å²) >= 11 is 0. The van der Waals surface area contributed by atoms with Crippen molar-refractivity contribution in [1.29, 1.82) is 0 Å². The molecule has 1 atom stereocenters. The van der Waals surface area contributed by atoms with Gasteiger partial charge in [-0.1, -0.05) is 12.1 Å². The summed E-state index contributed by atoms with van der Waals surface area (Å²) in [4.78, 5) is 12.5. The van der Waals surface area contributed by atoms with E-state index in [9.17, 15) is 30.8 Å². The lowest BCUT2D eigenvalue weighted by atomic mass is 10.0. The molecule has 0 radical (unpaired) electrons. The number of carbonyl (C=O) groups is 1. The van der Waals surface area contributed by atoms with E-state index in [1.54, 1.807) is 6.92 Å². The quantitative estimate of drug-likeness (QED) is 0.667. The van der Waals surface area contributed by atoms with Gasteiger partial charge in [-0.05, 0) is 42.8 Å². The Morgan fingerprint density at radius 3 is 2.48 bits per heavy atom. The highest BCUT2D eigenvalue weighted by Crippen LogP contribution is 2.35. The van der Waals surface area contributed by atoms with Crippen molar-refractivity contribution in [1.82, 2.24) is 5.32 Å². The number of hydrogen-bond acceptors (Lipinski definition) is 4. The number of halogens is 4. The SMILES string of the molecule is CC(NC(=O)C1=Cc2ccc(C(F)(F)F)cc2OC1)c1ccc(NS(C)(=O)=O)c(F)c1. The molecule has 0 saturated carbocycles. The monoisotopic (exact) mass is 458 g/mol. The Morgan fingerprint density at radius 1 is 1.16 bits per heavy atom. The molecule has 1 aliphatic heterocycles. The maximum absolute atomic E-state index is 14.2. The molecule has 31 heavy (non-hydrogen) atoms. The minimum absolute atomic E-state index is 0.0236. The van der Waals surface area contributed by atoms with Crippen LogP contribution in [-0.2, 0) is 21.0 Å². The Kier molecular flexibility index (Phi) is 5.99. The minimum atomic E-state index is -4.50. The van der Waals surface area contributed by atoms with Crippen LogP contribution in [0.4, 0.5) is 23.2 Å². The van der Waals surface area contributed by atoms with E-state index in [4.69, 9.17) is 4.74 Å².